The second-order valence-electron chi connectivity index (χ2n) is 4.95. The predicted molar refractivity (Wildman–Crippen MR) is 80.2 cm³/mol. The minimum absolute atomic E-state index is 0.113. The molecule has 0 radical (unpaired) electrons. The van der Waals surface area contributed by atoms with Crippen LogP contribution in [0.2, 0.25) is 5.02 Å². The molecule has 0 saturated heterocycles. The van der Waals surface area contributed by atoms with Crippen molar-refractivity contribution >= 4 is 33.4 Å². The third-order valence-corrected chi connectivity index (χ3v) is 4.05. The van der Waals surface area contributed by atoms with Gasteiger partial charge in [0.15, 0.2) is 0 Å². The van der Waals surface area contributed by atoms with Gasteiger partial charge in [-0.1, -0.05) is 31.5 Å². The van der Waals surface area contributed by atoms with Crippen LogP contribution in [0.25, 0.3) is 0 Å². The monoisotopic (exact) mass is 331 g/mol. The van der Waals surface area contributed by atoms with Gasteiger partial charge in [-0.25, -0.2) is 0 Å². The number of benzene rings is 1. The number of carbonyl (C=O) groups excluding carboxylic acids is 1. The van der Waals surface area contributed by atoms with Gasteiger partial charge in [-0.05, 0) is 53.7 Å². The largest absolute Gasteiger partial charge is 0.350 e. The molecular formula is C14H19BrClNO. The number of hydrogen-bond acceptors (Lipinski definition) is 1. The van der Waals surface area contributed by atoms with Crippen molar-refractivity contribution in [2.45, 2.75) is 39.7 Å². The molecular weight excluding hydrogens is 314 g/mol. The van der Waals surface area contributed by atoms with Crippen LogP contribution < -0.4 is 5.32 Å². The molecule has 2 nitrogen and oxygen atoms in total. The molecule has 0 spiro atoms. The number of nitrogens with one attached hydrogen (secondary N) is 1. The minimum Gasteiger partial charge on any atom is -0.350 e. The second-order valence-corrected chi connectivity index (χ2v) is 6.18. The standard InChI is InChI=1S/C14H19BrClNO/c1-9(2)7-8-10(3)17-14(18)11-5-4-6-12(15)13(11)16/h4-6,9-10H,7-8H2,1-3H3,(H,17,18). The summed E-state index contributed by atoms with van der Waals surface area (Å²) in [6.45, 7) is 6.38. The molecule has 18 heavy (non-hydrogen) atoms. The molecule has 1 aromatic carbocycles. The molecule has 1 aromatic rings. The first-order chi connectivity index (χ1) is 8.41. The van der Waals surface area contributed by atoms with Crippen molar-refractivity contribution in [2.24, 2.45) is 5.92 Å². The maximum Gasteiger partial charge on any atom is 0.253 e. The van der Waals surface area contributed by atoms with Crippen LogP contribution in [-0.4, -0.2) is 11.9 Å². The van der Waals surface area contributed by atoms with E-state index < -0.39 is 0 Å². The summed E-state index contributed by atoms with van der Waals surface area (Å²) in [5.41, 5.74) is 0.516. The van der Waals surface area contributed by atoms with Crippen molar-refractivity contribution < 1.29 is 4.79 Å². The normalized spacial score (nSPS) is 12.6. The van der Waals surface area contributed by atoms with Gasteiger partial charge in [-0.3, -0.25) is 4.79 Å². The molecule has 0 aromatic heterocycles. The summed E-state index contributed by atoms with van der Waals surface area (Å²) in [6.07, 6.45) is 2.09. The fourth-order valence-corrected chi connectivity index (χ4v) is 2.21. The van der Waals surface area contributed by atoms with Crippen LogP contribution >= 0.6 is 27.5 Å². The van der Waals surface area contributed by atoms with Crippen LogP contribution in [0.5, 0.6) is 0 Å². The van der Waals surface area contributed by atoms with Gasteiger partial charge >= 0.3 is 0 Å². The van der Waals surface area contributed by atoms with Crippen LogP contribution in [-0.2, 0) is 0 Å². The van der Waals surface area contributed by atoms with Gasteiger partial charge in [0.05, 0.1) is 10.6 Å². The van der Waals surface area contributed by atoms with Crippen molar-refractivity contribution in [3.63, 3.8) is 0 Å². The fraction of sp³-hybridized carbons (Fsp3) is 0.500. The molecule has 4 heteroatoms. The zero-order chi connectivity index (χ0) is 13.7. The molecule has 1 amide bonds. The van der Waals surface area contributed by atoms with Crippen LogP contribution in [0.3, 0.4) is 0 Å². The molecule has 1 N–H and O–H groups in total. The second kappa shape index (κ2) is 7.15. The SMILES string of the molecule is CC(C)CCC(C)NC(=O)c1cccc(Br)c1Cl. The molecule has 0 heterocycles. The van der Waals surface area contributed by atoms with Crippen molar-refractivity contribution in [3.8, 4) is 0 Å². The Morgan fingerprint density at radius 1 is 1.33 bits per heavy atom. The number of amides is 1. The van der Waals surface area contributed by atoms with Gasteiger partial charge in [0.1, 0.15) is 0 Å². The van der Waals surface area contributed by atoms with E-state index in [0.29, 0.717) is 16.5 Å². The Kier molecular flexibility index (Phi) is 6.16. The molecule has 0 aliphatic heterocycles. The maximum atomic E-state index is 12.1. The Balaban J connectivity index is 2.62. The van der Waals surface area contributed by atoms with Gasteiger partial charge in [-0.2, -0.15) is 0 Å². The van der Waals surface area contributed by atoms with Gasteiger partial charge < -0.3 is 5.32 Å². The number of hydrogen-bond donors (Lipinski definition) is 1. The predicted octanol–water partition coefficient (Wildman–Crippen LogP) is 4.66. The molecule has 1 rings (SSSR count). The Bertz CT molecular complexity index is 420. The van der Waals surface area contributed by atoms with Gasteiger partial charge in [-0.15, -0.1) is 0 Å². The third-order valence-electron chi connectivity index (χ3n) is 2.75. The van der Waals surface area contributed by atoms with Gasteiger partial charge in [0.25, 0.3) is 5.91 Å². The van der Waals surface area contributed by atoms with Crippen LogP contribution in [0.15, 0.2) is 22.7 Å². The Morgan fingerprint density at radius 3 is 2.61 bits per heavy atom. The van der Waals surface area contributed by atoms with Crippen LogP contribution in [0, 0.1) is 5.92 Å². The molecule has 0 saturated carbocycles. The van der Waals surface area contributed by atoms with Gasteiger partial charge in [0, 0.05) is 10.5 Å². The molecule has 0 aliphatic carbocycles. The van der Waals surface area contributed by atoms with E-state index in [1.165, 1.54) is 0 Å². The van der Waals surface area contributed by atoms with Gasteiger partial charge in [0.2, 0.25) is 0 Å². The van der Waals surface area contributed by atoms with Crippen molar-refractivity contribution in [3.05, 3.63) is 33.3 Å². The van der Waals surface area contributed by atoms with E-state index in [4.69, 9.17) is 11.6 Å². The van der Waals surface area contributed by atoms with Crippen molar-refractivity contribution in [1.29, 1.82) is 0 Å². The number of rotatable bonds is 5. The first-order valence-corrected chi connectivity index (χ1v) is 7.33. The van der Waals surface area contributed by atoms with Crippen LogP contribution in [0.1, 0.15) is 44.0 Å². The van der Waals surface area contributed by atoms with Crippen molar-refractivity contribution in [2.75, 3.05) is 0 Å². The summed E-state index contributed by atoms with van der Waals surface area (Å²) in [6, 6.07) is 5.53. The fourth-order valence-electron chi connectivity index (χ4n) is 1.64. The third kappa shape index (κ3) is 4.62. The van der Waals surface area contributed by atoms with Crippen molar-refractivity contribution in [1.82, 2.24) is 5.32 Å². The lowest BCUT2D eigenvalue weighted by atomic mass is 10.0. The van der Waals surface area contributed by atoms with E-state index in [-0.39, 0.29) is 11.9 Å². The van der Waals surface area contributed by atoms with E-state index in [1.807, 2.05) is 19.1 Å². The molecule has 0 fully saturated rings. The Morgan fingerprint density at radius 2 is 2.00 bits per heavy atom. The average Bonchev–Trinajstić information content (AvgIpc) is 2.30. The van der Waals surface area contributed by atoms with E-state index >= 15 is 0 Å². The zero-order valence-corrected chi connectivity index (χ0v) is 13.3. The summed E-state index contributed by atoms with van der Waals surface area (Å²) in [4.78, 5) is 12.1. The highest BCUT2D eigenvalue weighted by Gasteiger charge is 2.14. The maximum absolute atomic E-state index is 12.1. The topological polar surface area (TPSA) is 29.1 Å². The minimum atomic E-state index is -0.113. The molecule has 0 bridgehead atoms. The molecule has 100 valence electrons. The Labute approximate surface area is 122 Å². The van der Waals surface area contributed by atoms with E-state index in [2.05, 4.69) is 35.1 Å². The average molecular weight is 333 g/mol. The first kappa shape index (κ1) is 15.5. The summed E-state index contributed by atoms with van der Waals surface area (Å²) in [5.74, 6) is 0.538. The highest BCUT2D eigenvalue weighted by molar-refractivity contribution is 9.10. The molecule has 0 aliphatic rings. The quantitative estimate of drug-likeness (QED) is 0.835. The molecule has 1 atom stereocenters. The van der Waals surface area contributed by atoms with E-state index in [0.717, 1.165) is 17.3 Å². The zero-order valence-electron chi connectivity index (χ0n) is 11.0. The molecule has 1 unspecified atom stereocenters. The summed E-state index contributed by atoms with van der Waals surface area (Å²) in [5, 5.41) is 3.44. The lowest BCUT2D eigenvalue weighted by molar-refractivity contribution is 0.0937. The Hall–Kier alpha value is -0.540. The first-order valence-electron chi connectivity index (χ1n) is 6.16. The number of halogens is 2. The van der Waals surface area contributed by atoms with E-state index in [9.17, 15) is 4.79 Å². The lowest BCUT2D eigenvalue weighted by Gasteiger charge is -2.15. The highest BCUT2D eigenvalue weighted by atomic mass is 79.9. The summed E-state index contributed by atoms with van der Waals surface area (Å²) in [7, 11) is 0. The smallest absolute Gasteiger partial charge is 0.253 e. The number of carbonyl (C=O) groups is 1. The van der Waals surface area contributed by atoms with E-state index in [1.54, 1.807) is 6.07 Å². The summed E-state index contributed by atoms with van der Waals surface area (Å²) >= 11 is 9.41. The van der Waals surface area contributed by atoms with Crippen LogP contribution in [0.4, 0.5) is 0 Å². The summed E-state index contributed by atoms with van der Waals surface area (Å²) < 4.78 is 0.742. The highest BCUT2D eigenvalue weighted by Crippen LogP contribution is 2.26. The lowest BCUT2D eigenvalue weighted by Crippen LogP contribution is -2.32.